The van der Waals surface area contributed by atoms with Crippen molar-refractivity contribution < 1.29 is 119 Å². The Kier molecular flexibility index (Phi) is 175. The number of esters is 10. The van der Waals surface area contributed by atoms with Crippen LogP contribution in [0.3, 0.4) is 0 Å². The smallest absolute Gasteiger partial charge is 0.407 e. The van der Waals surface area contributed by atoms with E-state index in [0.29, 0.717) is 61.4 Å². The Morgan fingerprint density at radius 2 is 0.635 bits per heavy atom. The lowest BCUT2D eigenvalue weighted by molar-refractivity contribution is -0.152. The van der Waals surface area contributed by atoms with E-state index in [1.807, 2.05) is 88.3 Å². The van der Waals surface area contributed by atoms with Crippen molar-refractivity contribution in [3.63, 3.8) is 0 Å². The topological polar surface area (TPSA) is 349 Å². The number of hydrogen-bond acceptors (Lipinski definition) is 25. The Morgan fingerprint density at radius 3 is 0.964 bits per heavy atom. The maximum absolute atomic E-state index is 11.6. The van der Waals surface area contributed by atoms with Gasteiger partial charge in [-0.25, -0.2) is 43.2 Å². The summed E-state index contributed by atoms with van der Waals surface area (Å²) < 4.78 is 62.6. The summed E-state index contributed by atoms with van der Waals surface area (Å²) in [5, 5.41) is 4.93. The molecule has 0 fully saturated rings. The van der Waals surface area contributed by atoms with Gasteiger partial charge >= 0.3 is 71.9 Å². The highest BCUT2D eigenvalue weighted by Gasteiger charge is 2.14. The number of rotatable bonds is 42. The Bertz CT molecular complexity index is 3300. The second-order valence-corrected chi connectivity index (χ2v) is 26.1. The van der Waals surface area contributed by atoms with Crippen molar-refractivity contribution in [1.82, 2.24) is 10.6 Å². The van der Waals surface area contributed by atoms with Crippen molar-refractivity contribution in [3.8, 4) is 0 Å². The molecule has 3 rings (SSSR count). The van der Waals surface area contributed by atoms with Crippen LogP contribution in [-0.4, -0.2) is 174 Å². The molecule has 27 heteroatoms. The third-order valence-corrected chi connectivity index (χ3v) is 15.7. The van der Waals surface area contributed by atoms with E-state index in [1.54, 1.807) is 59.8 Å². The zero-order valence-electron chi connectivity index (χ0n) is 76.6. The predicted molar refractivity (Wildman–Crippen MR) is 584 cm³/mol. The molecule has 812 valence electrons. The van der Waals surface area contributed by atoms with E-state index in [0.717, 1.165) is 62.3 Å². The van der Waals surface area contributed by atoms with Gasteiger partial charge in [0.05, 0.1) is 69.1 Å². The van der Waals surface area contributed by atoms with Gasteiger partial charge in [-0.3, -0.25) is 14.4 Å². The number of benzene rings is 3. The molecular formula is C110H212N2O25. The summed E-state index contributed by atoms with van der Waals surface area (Å²) in [6.45, 7) is 66.3. The molecule has 2 amide bonds. The van der Waals surface area contributed by atoms with Gasteiger partial charge in [-0.05, 0) is 161 Å². The normalized spacial score (nSPS) is 10.1. The molecule has 0 bridgehead atoms. The molecule has 3 aromatic rings. The first-order valence-electron chi connectivity index (χ1n) is 41.2. The minimum absolute atomic E-state index is 0. The van der Waals surface area contributed by atoms with E-state index >= 15 is 0 Å². The number of nitrogens with one attached hydrogen (secondary N) is 2. The standard InChI is InChI=1S/C13H16O2.C11H19NO4.C10H17NO4.C10H16O4.2C10H14.C8H14O4.C8H14O2.C7H12O3.C7H12O2.16CH4/c1-4-10(3)15-13(14)12-8-6-11(5-2)7-9-12;1-5-9(4)16-11(14)12-6-7-15-10(13)8(2)3;1-4-8(3)15-10(13)11-6-7-14-9(12)5-2;1-4-8(3)14-10(12)6-7-13-9(11)5-2;2*1-3-9(2)10-7-5-4-6-8-10;1-3-7(9)12-6-5-8(10)11-4-2;1-5-7(4)10-8(9)6(2)3;1-3-7(8)10-6-5-9-4-2;1-4-6(3)9-7(8)5-2;;;;;;;;;;;;;;;;/h5-10H,2,4H2,1,3H3;9H,2,5-7H2,1,3-4H3,(H,12,14);5,8H,2,4,6-7H2,1,3H3,(H,11,13);5,8H,2,4,6-7H2,1,3H3;2*4-9H,3H2,1-2H3;3-6H2,1-2H3;7H,2,5H2,1,3-4H3;3H,1,4-6H2,2H3;5-6H,2,4H2,1,3H3;16*1H4. The monoisotopic (exact) mass is 1960 g/mol. The average molecular weight is 1960 g/mol. The fourth-order valence-corrected chi connectivity index (χ4v) is 6.87. The quantitative estimate of drug-likeness (QED) is 0.0230. The molecule has 0 saturated carbocycles. The van der Waals surface area contributed by atoms with Gasteiger partial charge in [0.2, 0.25) is 0 Å². The molecule has 137 heavy (non-hydrogen) atoms. The molecule has 27 nitrogen and oxygen atoms in total. The maximum Gasteiger partial charge on any atom is 0.407 e. The van der Waals surface area contributed by atoms with Gasteiger partial charge in [-0.1, -0.05) is 320 Å². The van der Waals surface area contributed by atoms with Gasteiger partial charge in [-0.15, -0.1) is 0 Å². The van der Waals surface area contributed by atoms with E-state index in [-0.39, 0.29) is 244 Å². The molecule has 0 saturated heterocycles. The highest BCUT2D eigenvalue weighted by atomic mass is 16.6. The van der Waals surface area contributed by atoms with Gasteiger partial charge in [0.25, 0.3) is 0 Å². The second-order valence-electron chi connectivity index (χ2n) is 26.1. The van der Waals surface area contributed by atoms with Crippen LogP contribution >= 0.6 is 0 Å². The molecule has 2 N–H and O–H groups in total. The van der Waals surface area contributed by atoms with Gasteiger partial charge < -0.3 is 72.2 Å². The van der Waals surface area contributed by atoms with Crippen LogP contribution in [0.2, 0.25) is 0 Å². The van der Waals surface area contributed by atoms with E-state index in [2.05, 4.69) is 169 Å². The number of amides is 2. The average Bonchev–Trinajstić information content (AvgIpc) is 0.888. The highest BCUT2D eigenvalue weighted by Crippen LogP contribution is 2.18. The summed E-state index contributed by atoms with van der Waals surface area (Å²) in [5.41, 5.74) is 5.27. The summed E-state index contributed by atoms with van der Waals surface area (Å²) in [5.74, 6) is -2.36. The van der Waals surface area contributed by atoms with Crippen molar-refractivity contribution in [2.24, 2.45) is 0 Å². The van der Waals surface area contributed by atoms with Crippen molar-refractivity contribution in [2.45, 2.75) is 383 Å². The van der Waals surface area contributed by atoms with E-state index < -0.39 is 36.1 Å². The highest BCUT2D eigenvalue weighted by molar-refractivity contribution is 5.90. The number of carbonyl (C=O) groups excluding carboxylic acids is 12. The van der Waals surface area contributed by atoms with Gasteiger partial charge in [-0.2, -0.15) is 0 Å². The lowest BCUT2D eigenvalue weighted by Crippen LogP contribution is -2.31. The summed E-state index contributed by atoms with van der Waals surface area (Å²) in [4.78, 5) is 130. The molecule has 0 radical (unpaired) electrons. The van der Waals surface area contributed by atoms with Crippen molar-refractivity contribution >= 4 is 78.0 Å². The largest absolute Gasteiger partial charge is 0.466 e. The van der Waals surface area contributed by atoms with E-state index in [4.69, 9.17) is 37.9 Å². The SMILES string of the molecule is C.C.C.C.C.C.C.C.C.C.C.C.C.C.C.C.C=C(C)C(=O)OC(C)CC.C=C(C)C(=O)OCCNC(=O)OC(C)CC.C=CC(=O)OC(C)CC.C=CC(=O)OCCC(=O)OC(C)CC.C=CC(=O)OCCNC(=O)OC(C)CC.C=CC(=O)OCCOCC.C=Cc1ccc(C(=O)OC(C)CC)cc1.CCC(C)c1ccccc1.CCC(C)c1ccccc1.CCOC(=O)CCOC(=O)CC. The van der Waals surface area contributed by atoms with Crippen molar-refractivity contribution in [1.29, 1.82) is 0 Å². The zero-order chi connectivity index (χ0) is 93.9. The number of alkyl carbamates (subject to hydrolysis) is 2. The van der Waals surface area contributed by atoms with E-state index in [1.165, 1.54) is 30.0 Å². The number of carbonyl (C=O) groups is 12. The van der Waals surface area contributed by atoms with Crippen LogP contribution in [0.4, 0.5) is 9.59 Å². The third-order valence-electron chi connectivity index (χ3n) is 15.7. The van der Waals surface area contributed by atoms with Gasteiger partial charge in [0.1, 0.15) is 45.2 Å². The van der Waals surface area contributed by atoms with Crippen molar-refractivity contribution in [2.75, 3.05) is 65.9 Å². The molecule has 0 spiro atoms. The van der Waals surface area contributed by atoms with Crippen LogP contribution in [0.15, 0.2) is 166 Å². The fourth-order valence-electron chi connectivity index (χ4n) is 6.87. The summed E-state index contributed by atoms with van der Waals surface area (Å²) in [6.07, 6.45) is 12.7. The zero-order valence-corrected chi connectivity index (χ0v) is 76.6. The van der Waals surface area contributed by atoms with Crippen LogP contribution in [0.25, 0.3) is 6.08 Å². The van der Waals surface area contributed by atoms with Crippen LogP contribution in [0.5, 0.6) is 0 Å². The summed E-state index contributed by atoms with van der Waals surface area (Å²) in [6, 6.07) is 28.5. The number of ether oxygens (including phenoxy) is 13. The summed E-state index contributed by atoms with van der Waals surface area (Å²) >= 11 is 0. The first-order chi connectivity index (χ1) is 57.3. The molecule has 0 aliphatic carbocycles. The molecule has 8 unspecified atom stereocenters. The molecule has 3 aromatic carbocycles. The molecule has 0 aliphatic heterocycles. The fraction of sp³-hybridized carbons (Fsp3) is 0.600. The Hall–Kier alpha value is -11.0. The Labute approximate surface area is 841 Å². The lowest BCUT2D eigenvalue weighted by Gasteiger charge is -2.11. The van der Waals surface area contributed by atoms with Gasteiger partial charge in [0, 0.05) is 48.5 Å². The van der Waals surface area contributed by atoms with Crippen LogP contribution in [0.1, 0.15) is 374 Å². The second kappa shape index (κ2) is 129. The first kappa shape index (κ1) is 186. The summed E-state index contributed by atoms with van der Waals surface area (Å²) in [7, 11) is 0. The first-order valence-corrected chi connectivity index (χ1v) is 41.2. The Balaban J connectivity index is -0.0000000498. The van der Waals surface area contributed by atoms with Crippen LogP contribution in [-0.2, 0) is 105 Å². The lowest BCUT2D eigenvalue weighted by atomic mass is 9.99. The Morgan fingerprint density at radius 1 is 0.314 bits per heavy atom. The molecular weight excluding hydrogens is 1750 g/mol. The molecule has 0 aliphatic rings. The predicted octanol–water partition coefficient (Wildman–Crippen LogP) is 29.2. The molecule has 8 atom stereocenters. The van der Waals surface area contributed by atoms with Gasteiger partial charge in [0.15, 0.2) is 0 Å². The maximum atomic E-state index is 11.6. The molecule has 0 heterocycles. The van der Waals surface area contributed by atoms with E-state index in [9.17, 15) is 57.5 Å². The minimum Gasteiger partial charge on any atom is -0.466 e. The minimum atomic E-state index is -0.527. The van der Waals surface area contributed by atoms with Crippen LogP contribution < -0.4 is 10.6 Å². The molecule has 0 aromatic heterocycles. The number of hydrogen-bond donors (Lipinski definition) is 2. The van der Waals surface area contributed by atoms with Crippen molar-refractivity contribution in [3.05, 3.63) is 189 Å². The third kappa shape index (κ3) is 127. The van der Waals surface area contributed by atoms with Crippen LogP contribution in [0, 0.1) is 0 Å².